The molecule has 1 N–H and O–H groups in total. The molecule has 3 atom stereocenters. The lowest BCUT2D eigenvalue weighted by atomic mass is 9.49. The molecule has 2 nitrogen and oxygen atoms in total. The van der Waals surface area contributed by atoms with Crippen molar-refractivity contribution in [2.45, 2.75) is 70.6 Å². The van der Waals surface area contributed by atoms with Crippen molar-refractivity contribution in [2.24, 2.45) is 40.9 Å². The lowest BCUT2D eigenvalue weighted by Crippen LogP contribution is -2.51. The summed E-state index contributed by atoms with van der Waals surface area (Å²) in [4.78, 5) is 12.5. The zero-order chi connectivity index (χ0) is 14.7. The highest BCUT2D eigenvalue weighted by molar-refractivity contribution is 5.76. The van der Waals surface area contributed by atoms with Crippen LogP contribution in [0.2, 0.25) is 0 Å². The Labute approximate surface area is 134 Å². The molecule has 122 valence electrons. The maximum absolute atomic E-state index is 12.5. The second-order valence-electron chi connectivity index (χ2n) is 9.83. The minimum atomic E-state index is 0.369. The van der Waals surface area contributed by atoms with Gasteiger partial charge in [-0.05, 0) is 98.7 Å². The summed E-state index contributed by atoms with van der Waals surface area (Å²) in [5, 5.41) is 3.39. The van der Waals surface area contributed by atoms with Gasteiger partial charge in [0.1, 0.15) is 0 Å². The van der Waals surface area contributed by atoms with Crippen LogP contribution < -0.4 is 5.32 Å². The van der Waals surface area contributed by atoms with Gasteiger partial charge in [0.25, 0.3) is 0 Å². The maximum Gasteiger partial charge on any atom is 0.220 e. The molecule has 0 saturated heterocycles. The Morgan fingerprint density at radius 1 is 0.864 bits per heavy atom. The standard InChI is InChI=1S/C20H31NO/c22-19(8-18-7-13-1-2-17(18)6-13)21-12-20-9-14-3-15(10-20)5-16(4-14)11-20/h13-18H,1-12H2,(H,21,22)/t13-,14?,15?,16?,17+,18+,20?/m0/s1. The molecule has 0 aliphatic heterocycles. The SMILES string of the molecule is O=C(C[C@H]1C[C@H]2CC[C@@H]1C2)NCC12CC3CC(CC(C3)C1)C2. The van der Waals surface area contributed by atoms with Gasteiger partial charge in [0, 0.05) is 13.0 Å². The van der Waals surface area contributed by atoms with E-state index in [-0.39, 0.29) is 0 Å². The Kier molecular flexibility index (Phi) is 3.14. The fourth-order valence-corrected chi connectivity index (χ4v) is 7.73. The normalized spacial score (nSPS) is 51.5. The summed E-state index contributed by atoms with van der Waals surface area (Å²) < 4.78 is 0. The van der Waals surface area contributed by atoms with Gasteiger partial charge in [-0.15, -0.1) is 0 Å². The van der Waals surface area contributed by atoms with E-state index in [2.05, 4.69) is 5.32 Å². The van der Waals surface area contributed by atoms with E-state index in [4.69, 9.17) is 0 Å². The lowest BCUT2D eigenvalue weighted by molar-refractivity contribution is -0.124. The Morgan fingerprint density at radius 2 is 1.55 bits per heavy atom. The summed E-state index contributed by atoms with van der Waals surface area (Å²) in [5.41, 5.74) is 0.499. The van der Waals surface area contributed by atoms with E-state index in [1.165, 1.54) is 64.2 Å². The monoisotopic (exact) mass is 301 g/mol. The molecule has 0 spiro atoms. The molecule has 1 amide bonds. The zero-order valence-electron chi connectivity index (χ0n) is 13.9. The van der Waals surface area contributed by atoms with Crippen molar-refractivity contribution in [3.8, 4) is 0 Å². The summed E-state index contributed by atoms with van der Waals surface area (Å²) in [7, 11) is 0. The molecular formula is C20H31NO. The number of hydrogen-bond acceptors (Lipinski definition) is 1. The third-order valence-electron chi connectivity index (χ3n) is 8.16. The largest absolute Gasteiger partial charge is 0.356 e. The number of fused-ring (bicyclic) bond motifs is 2. The summed E-state index contributed by atoms with van der Waals surface area (Å²) in [6.07, 6.45) is 15.2. The molecule has 2 heteroatoms. The van der Waals surface area contributed by atoms with E-state index in [1.807, 2.05) is 0 Å². The average molecular weight is 301 g/mol. The van der Waals surface area contributed by atoms with Crippen LogP contribution >= 0.6 is 0 Å². The molecule has 0 aromatic heterocycles. The summed E-state index contributed by atoms with van der Waals surface area (Å²) in [6, 6.07) is 0. The lowest BCUT2D eigenvalue weighted by Gasteiger charge is -2.56. The van der Waals surface area contributed by atoms with Gasteiger partial charge in [0.2, 0.25) is 5.91 Å². The molecule has 0 unspecified atom stereocenters. The molecule has 0 aromatic carbocycles. The molecule has 0 aromatic rings. The highest BCUT2D eigenvalue weighted by Gasteiger charge is 2.50. The molecule has 0 radical (unpaired) electrons. The average Bonchev–Trinajstić information content (AvgIpc) is 3.06. The topological polar surface area (TPSA) is 29.1 Å². The highest BCUT2D eigenvalue weighted by atomic mass is 16.1. The Morgan fingerprint density at radius 3 is 2.09 bits per heavy atom. The Bertz CT molecular complexity index is 435. The highest BCUT2D eigenvalue weighted by Crippen LogP contribution is 2.59. The summed E-state index contributed by atoms with van der Waals surface area (Å²) in [5.74, 6) is 5.92. The number of carbonyl (C=O) groups is 1. The van der Waals surface area contributed by atoms with Crippen LogP contribution in [0, 0.1) is 40.9 Å². The minimum absolute atomic E-state index is 0.369. The minimum Gasteiger partial charge on any atom is -0.356 e. The number of hydrogen-bond donors (Lipinski definition) is 1. The van der Waals surface area contributed by atoms with Crippen molar-refractivity contribution < 1.29 is 4.79 Å². The molecule has 6 bridgehead atoms. The predicted molar refractivity (Wildman–Crippen MR) is 87.2 cm³/mol. The van der Waals surface area contributed by atoms with Gasteiger partial charge in [-0.25, -0.2) is 0 Å². The first-order valence-corrected chi connectivity index (χ1v) is 9.94. The van der Waals surface area contributed by atoms with E-state index >= 15 is 0 Å². The van der Waals surface area contributed by atoms with Crippen molar-refractivity contribution in [2.75, 3.05) is 6.54 Å². The number of amides is 1. The smallest absolute Gasteiger partial charge is 0.220 e. The fourth-order valence-electron chi connectivity index (χ4n) is 7.73. The third-order valence-corrected chi connectivity index (χ3v) is 8.16. The quantitative estimate of drug-likeness (QED) is 0.830. The first-order chi connectivity index (χ1) is 10.7. The van der Waals surface area contributed by atoms with Crippen LogP contribution in [0.25, 0.3) is 0 Å². The predicted octanol–water partition coefficient (Wildman–Crippen LogP) is 4.15. The molecule has 22 heavy (non-hydrogen) atoms. The van der Waals surface area contributed by atoms with Gasteiger partial charge >= 0.3 is 0 Å². The number of rotatable bonds is 4. The Balaban J connectivity index is 1.16. The molecule has 6 aliphatic carbocycles. The van der Waals surface area contributed by atoms with Crippen molar-refractivity contribution >= 4 is 5.91 Å². The first kappa shape index (κ1) is 13.9. The van der Waals surface area contributed by atoms with Crippen molar-refractivity contribution in [1.82, 2.24) is 5.32 Å². The van der Waals surface area contributed by atoms with Gasteiger partial charge in [0.15, 0.2) is 0 Å². The molecule has 6 saturated carbocycles. The van der Waals surface area contributed by atoms with Crippen molar-refractivity contribution in [3.63, 3.8) is 0 Å². The van der Waals surface area contributed by atoms with Crippen LogP contribution in [0.1, 0.15) is 70.6 Å². The van der Waals surface area contributed by atoms with E-state index in [0.717, 1.165) is 48.5 Å². The first-order valence-electron chi connectivity index (χ1n) is 9.94. The second-order valence-corrected chi connectivity index (χ2v) is 9.83. The number of nitrogens with one attached hydrogen (secondary N) is 1. The van der Waals surface area contributed by atoms with Crippen LogP contribution in [0.5, 0.6) is 0 Å². The van der Waals surface area contributed by atoms with Crippen molar-refractivity contribution in [3.05, 3.63) is 0 Å². The van der Waals surface area contributed by atoms with Gasteiger partial charge in [-0.3, -0.25) is 4.79 Å². The summed E-state index contributed by atoms with van der Waals surface area (Å²) >= 11 is 0. The van der Waals surface area contributed by atoms with E-state index < -0.39 is 0 Å². The van der Waals surface area contributed by atoms with Crippen LogP contribution in [-0.4, -0.2) is 12.5 Å². The van der Waals surface area contributed by atoms with Gasteiger partial charge in [-0.2, -0.15) is 0 Å². The van der Waals surface area contributed by atoms with Crippen LogP contribution in [-0.2, 0) is 4.79 Å². The van der Waals surface area contributed by atoms with Gasteiger partial charge < -0.3 is 5.32 Å². The fraction of sp³-hybridized carbons (Fsp3) is 0.950. The van der Waals surface area contributed by atoms with Crippen LogP contribution in [0.4, 0.5) is 0 Å². The van der Waals surface area contributed by atoms with E-state index in [9.17, 15) is 4.79 Å². The molecule has 6 rings (SSSR count). The molecular weight excluding hydrogens is 270 g/mol. The van der Waals surface area contributed by atoms with E-state index in [1.54, 1.807) is 0 Å². The van der Waals surface area contributed by atoms with E-state index in [0.29, 0.717) is 11.3 Å². The zero-order valence-corrected chi connectivity index (χ0v) is 13.9. The molecule has 6 aliphatic rings. The maximum atomic E-state index is 12.5. The molecule has 6 fully saturated rings. The van der Waals surface area contributed by atoms with Crippen LogP contribution in [0.3, 0.4) is 0 Å². The molecule has 0 heterocycles. The van der Waals surface area contributed by atoms with Gasteiger partial charge in [0.05, 0.1) is 0 Å². The number of carbonyl (C=O) groups excluding carboxylic acids is 1. The third kappa shape index (κ3) is 2.32. The van der Waals surface area contributed by atoms with Gasteiger partial charge in [-0.1, -0.05) is 6.42 Å². The van der Waals surface area contributed by atoms with Crippen LogP contribution in [0.15, 0.2) is 0 Å². The summed E-state index contributed by atoms with van der Waals surface area (Å²) in [6.45, 7) is 0.996. The Hall–Kier alpha value is -0.530. The van der Waals surface area contributed by atoms with Crippen molar-refractivity contribution in [1.29, 1.82) is 0 Å². The second kappa shape index (κ2) is 4.98.